The first-order valence-corrected chi connectivity index (χ1v) is 13.6. The number of imide groups is 1. The highest BCUT2D eigenvalue weighted by molar-refractivity contribution is 6.07. The normalized spacial score (nSPS) is 19.0. The molecule has 0 bridgehead atoms. The van der Waals surface area contributed by atoms with Crippen LogP contribution in [0.4, 0.5) is 32.4 Å². The Labute approximate surface area is 241 Å². The lowest BCUT2D eigenvalue weighted by Crippen LogP contribution is -2.50. The second-order valence-corrected chi connectivity index (χ2v) is 10.5. The summed E-state index contributed by atoms with van der Waals surface area (Å²) in [6.07, 6.45) is -1.95. The molecule has 2 aliphatic rings. The van der Waals surface area contributed by atoms with Crippen LogP contribution >= 0.6 is 0 Å². The van der Waals surface area contributed by atoms with Crippen LogP contribution < -0.4 is 10.6 Å². The summed E-state index contributed by atoms with van der Waals surface area (Å²) in [5, 5.41) is 5.05. The molecule has 0 saturated carbocycles. The maximum Gasteiger partial charge on any atom is 0.396 e. The van der Waals surface area contributed by atoms with E-state index in [2.05, 4.69) is 17.2 Å². The van der Waals surface area contributed by atoms with E-state index in [0.717, 1.165) is 42.7 Å². The first-order chi connectivity index (χ1) is 19.7. The van der Waals surface area contributed by atoms with Crippen LogP contribution in [-0.2, 0) is 22.4 Å². The summed E-state index contributed by atoms with van der Waals surface area (Å²) in [6, 6.07) is 7.63. The number of amides is 4. The van der Waals surface area contributed by atoms with Gasteiger partial charge in [0.2, 0.25) is 6.41 Å². The lowest BCUT2D eigenvalue weighted by molar-refractivity contribution is -0.164. The van der Waals surface area contributed by atoms with Gasteiger partial charge < -0.3 is 15.1 Å². The molecule has 2 aromatic carbocycles. The van der Waals surface area contributed by atoms with Crippen molar-refractivity contribution in [2.75, 3.05) is 18.4 Å². The number of hydrogen-bond acceptors (Lipinski definition) is 4. The van der Waals surface area contributed by atoms with Crippen LogP contribution in [0.1, 0.15) is 56.8 Å². The van der Waals surface area contributed by atoms with E-state index < -0.39 is 35.3 Å². The van der Waals surface area contributed by atoms with Crippen molar-refractivity contribution in [1.82, 2.24) is 15.1 Å². The van der Waals surface area contributed by atoms with Gasteiger partial charge in [-0.05, 0) is 68.1 Å². The number of fused-ring (bicyclic) bond motifs is 1. The Morgan fingerprint density at radius 1 is 1.10 bits per heavy atom. The molecule has 1 heterocycles. The molecule has 1 aliphatic carbocycles. The van der Waals surface area contributed by atoms with Crippen LogP contribution in [0.5, 0.6) is 0 Å². The third kappa shape index (κ3) is 6.74. The van der Waals surface area contributed by atoms with Gasteiger partial charge in [-0.15, -0.1) is 0 Å². The molecule has 4 amide bonds. The van der Waals surface area contributed by atoms with Crippen LogP contribution in [0, 0.1) is 17.6 Å². The van der Waals surface area contributed by atoms with Gasteiger partial charge in [0, 0.05) is 43.4 Å². The van der Waals surface area contributed by atoms with Crippen molar-refractivity contribution >= 4 is 24.0 Å². The van der Waals surface area contributed by atoms with Crippen molar-refractivity contribution in [1.29, 1.82) is 0 Å². The predicted octanol–water partition coefficient (Wildman–Crippen LogP) is 6.11. The third-order valence-corrected chi connectivity index (χ3v) is 7.79. The van der Waals surface area contributed by atoms with Gasteiger partial charge in [-0.25, -0.2) is 13.6 Å². The van der Waals surface area contributed by atoms with Crippen LogP contribution in [0.2, 0.25) is 0 Å². The molecule has 2 unspecified atom stereocenters. The van der Waals surface area contributed by atoms with Gasteiger partial charge in [0.15, 0.2) is 0 Å². The van der Waals surface area contributed by atoms with E-state index in [1.807, 2.05) is 25.1 Å². The summed E-state index contributed by atoms with van der Waals surface area (Å²) in [5.41, 5.74) is 2.11. The van der Waals surface area contributed by atoms with Gasteiger partial charge >= 0.3 is 12.2 Å². The van der Waals surface area contributed by atoms with Gasteiger partial charge in [-0.1, -0.05) is 19.6 Å². The van der Waals surface area contributed by atoms with Crippen LogP contribution in [-0.4, -0.2) is 53.0 Å². The molecule has 0 radical (unpaired) electrons. The minimum Gasteiger partial charge on any atom is -0.368 e. The molecule has 42 heavy (non-hydrogen) atoms. The number of nitrogens with zero attached hydrogens (tertiary/aromatic N) is 2. The number of halogens is 5. The lowest BCUT2D eigenvalue weighted by atomic mass is 9.94. The number of urea groups is 1. The summed E-state index contributed by atoms with van der Waals surface area (Å²) in [4.78, 5) is 37.9. The number of anilines is 1. The quantitative estimate of drug-likeness (QED) is 0.209. The molecule has 3 atom stereocenters. The first-order valence-electron chi connectivity index (χ1n) is 13.6. The molecule has 7 nitrogen and oxygen atoms in total. The summed E-state index contributed by atoms with van der Waals surface area (Å²) < 4.78 is 64.8. The number of carbonyl (C=O) groups is 3. The van der Waals surface area contributed by atoms with Crippen molar-refractivity contribution in [3.63, 3.8) is 0 Å². The molecule has 1 fully saturated rings. The number of allylic oxidation sites excluding steroid dienone is 1. The van der Waals surface area contributed by atoms with Crippen LogP contribution in [0.3, 0.4) is 0 Å². The zero-order valence-corrected chi connectivity index (χ0v) is 23.9. The van der Waals surface area contributed by atoms with Crippen LogP contribution in [0.15, 0.2) is 48.7 Å². The number of carbonyl (C=O) groups excluding carboxylic acids is 3. The Kier molecular flexibility index (Phi) is 10.0. The fourth-order valence-corrected chi connectivity index (χ4v) is 5.46. The number of rotatable bonds is 9. The summed E-state index contributed by atoms with van der Waals surface area (Å²) in [6.45, 7) is 10.6. The highest BCUT2D eigenvalue weighted by Crippen LogP contribution is 2.39. The third-order valence-electron chi connectivity index (χ3n) is 7.79. The Balaban J connectivity index is 0.000000230. The number of benzene rings is 2. The fourth-order valence-electron chi connectivity index (χ4n) is 5.46. The highest BCUT2D eigenvalue weighted by atomic mass is 19.4. The van der Waals surface area contributed by atoms with Gasteiger partial charge in [-0.3, -0.25) is 14.9 Å². The lowest BCUT2D eigenvalue weighted by Gasteiger charge is -2.35. The summed E-state index contributed by atoms with van der Waals surface area (Å²) >= 11 is 0. The van der Waals surface area contributed by atoms with Gasteiger partial charge in [0.05, 0.1) is 12.0 Å². The average Bonchev–Trinajstić information content (AvgIpc) is 3.40. The van der Waals surface area contributed by atoms with Crippen molar-refractivity contribution in [3.8, 4) is 0 Å². The Morgan fingerprint density at radius 2 is 1.71 bits per heavy atom. The van der Waals surface area contributed by atoms with Crippen molar-refractivity contribution in [2.45, 2.75) is 64.7 Å². The molecule has 12 heteroatoms. The zero-order valence-electron chi connectivity index (χ0n) is 23.9. The number of hydrogen-bond donors (Lipinski definition) is 2. The molecule has 2 N–H and O–H groups in total. The molecular formula is C30H35F5N4O3. The SMILES string of the molecule is C=C(C(C)C(F)(F)F)N(CC)[C@H](C)c1cc(F)cc(F)c1.CCCN1C(=O)NC(=O)C12Cc1ccc(NC=O)cc1C2. The molecule has 2 aromatic rings. The van der Waals surface area contributed by atoms with E-state index in [4.69, 9.17) is 0 Å². The van der Waals surface area contributed by atoms with E-state index in [0.29, 0.717) is 31.5 Å². The maximum atomic E-state index is 13.2. The Morgan fingerprint density at radius 3 is 2.26 bits per heavy atom. The maximum absolute atomic E-state index is 13.2. The molecule has 4 rings (SSSR count). The van der Waals surface area contributed by atoms with E-state index in [-0.39, 0.29) is 29.7 Å². The highest BCUT2D eigenvalue weighted by Gasteiger charge is 2.55. The van der Waals surface area contributed by atoms with E-state index >= 15 is 0 Å². The average molecular weight is 595 g/mol. The fraction of sp³-hybridized carbons (Fsp3) is 0.433. The van der Waals surface area contributed by atoms with Crippen molar-refractivity contribution < 1.29 is 36.3 Å². The second kappa shape index (κ2) is 12.9. The second-order valence-electron chi connectivity index (χ2n) is 10.5. The monoisotopic (exact) mass is 594 g/mol. The predicted molar refractivity (Wildman–Crippen MR) is 148 cm³/mol. The standard InChI is InChI=1S/C15H18F5N.C15H17N3O3/c1-5-21(10(3)9(2)15(18,19)20)11(4)12-6-13(16)8-14(17)7-12;1-2-5-18-14(21)17-13(20)15(18)7-10-3-4-12(16-9-19)6-11(10)8-15/h6-9,11H,3,5H2,1-2,4H3;3-4,6,9H,2,5,7-8H2,1H3,(H,16,19)(H,17,20,21)/t9?,11-;/m1./s1. The Hall–Kier alpha value is -3.96. The number of alkyl halides is 3. The minimum absolute atomic E-state index is 0.123. The van der Waals surface area contributed by atoms with E-state index in [9.17, 15) is 36.3 Å². The topological polar surface area (TPSA) is 81.8 Å². The molecule has 1 saturated heterocycles. The van der Waals surface area contributed by atoms with E-state index in [1.54, 1.807) is 18.7 Å². The van der Waals surface area contributed by atoms with Crippen molar-refractivity contribution in [2.24, 2.45) is 5.92 Å². The molecule has 1 aliphatic heterocycles. The first kappa shape index (κ1) is 32.6. The van der Waals surface area contributed by atoms with Gasteiger partial charge in [0.25, 0.3) is 5.91 Å². The van der Waals surface area contributed by atoms with Crippen molar-refractivity contribution in [3.05, 3.63) is 77.0 Å². The van der Waals surface area contributed by atoms with Gasteiger partial charge in [0.1, 0.15) is 17.2 Å². The molecular weight excluding hydrogens is 559 g/mol. The summed E-state index contributed by atoms with van der Waals surface area (Å²) in [7, 11) is 0. The summed E-state index contributed by atoms with van der Waals surface area (Å²) in [5.74, 6) is -3.47. The molecule has 1 spiro atoms. The largest absolute Gasteiger partial charge is 0.396 e. The smallest absolute Gasteiger partial charge is 0.368 e. The van der Waals surface area contributed by atoms with E-state index in [1.165, 1.54) is 4.90 Å². The molecule has 228 valence electrons. The number of nitrogens with one attached hydrogen (secondary N) is 2. The Bertz CT molecular complexity index is 1330. The minimum atomic E-state index is -4.41. The zero-order chi connectivity index (χ0) is 31.4. The van der Waals surface area contributed by atoms with Gasteiger partial charge in [-0.2, -0.15) is 13.2 Å². The van der Waals surface area contributed by atoms with Crippen LogP contribution in [0.25, 0.3) is 0 Å². The molecule has 0 aromatic heterocycles.